The third-order valence-electron chi connectivity index (χ3n) is 8.93. The van der Waals surface area contributed by atoms with Gasteiger partial charge in [-0.2, -0.15) is 0 Å². The Morgan fingerprint density at radius 2 is 1.95 bits per heavy atom. The van der Waals surface area contributed by atoms with E-state index in [1.807, 2.05) is 37.3 Å². The van der Waals surface area contributed by atoms with Crippen LogP contribution in [-0.2, 0) is 4.79 Å². The number of aryl methyl sites for hydroxylation is 1. The van der Waals surface area contributed by atoms with Crippen LogP contribution in [0.4, 0.5) is 16.0 Å². The highest BCUT2D eigenvalue weighted by Gasteiger charge is 2.60. The Hall–Kier alpha value is -4.11. The Labute approximate surface area is 238 Å². The van der Waals surface area contributed by atoms with Crippen molar-refractivity contribution in [3.8, 4) is 22.9 Å². The van der Waals surface area contributed by atoms with Gasteiger partial charge >= 0.3 is 0 Å². The lowest BCUT2D eigenvalue weighted by Crippen LogP contribution is -2.38. The monoisotopic (exact) mass is 552 g/mol. The molecule has 4 aromatic rings. The Morgan fingerprint density at radius 3 is 2.73 bits per heavy atom. The maximum Gasteiger partial charge on any atom is 0.228 e. The van der Waals surface area contributed by atoms with Crippen molar-refractivity contribution in [2.45, 2.75) is 51.5 Å². The van der Waals surface area contributed by atoms with Crippen LogP contribution in [-0.4, -0.2) is 40.0 Å². The number of ether oxygens (including phenoxy) is 1. The first kappa shape index (κ1) is 25.8. The van der Waals surface area contributed by atoms with Gasteiger partial charge in [-0.15, -0.1) is 0 Å². The van der Waals surface area contributed by atoms with E-state index in [0.717, 1.165) is 50.8 Å². The second kappa shape index (κ2) is 10.4. The summed E-state index contributed by atoms with van der Waals surface area (Å²) in [5.41, 5.74) is 2.62. The van der Waals surface area contributed by atoms with Crippen LogP contribution >= 0.6 is 0 Å². The maximum absolute atomic E-state index is 15.1. The van der Waals surface area contributed by atoms with Crippen molar-refractivity contribution in [1.82, 2.24) is 20.3 Å². The molecule has 1 aliphatic heterocycles. The fourth-order valence-corrected chi connectivity index (χ4v) is 6.33. The zero-order chi connectivity index (χ0) is 28.0. The summed E-state index contributed by atoms with van der Waals surface area (Å²) in [5.74, 6) is 0.916. The smallest absolute Gasteiger partial charge is 0.228 e. The predicted molar refractivity (Wildman–Crippen MR) is 157 cm³/mol. The number of pyridine rings is 1. The molecule has 8 nitrogen and oxygen atoms in total. The summed E-state index contributed by atoms with van der Waals surface area (Å²) >= 11 is 0. The number of piperidine rings is 1. The van der Waals surface area contributed by atoms with Crippen LogP contribution in [0.25, 0.3) is 22.0 Å². The number of nitrogens with zero attached hydrogens (tertiary/aromatic N) is 3. The maximum atomic E-state index is 15.1. The number of aromatic nitrogens is 3. The average molecular weight is 553 g/mol. The molecule has 0 unspecified atom stereocenters. The van der Waals surface area contributed by atoms with Crippen molar-refractivity contribution in [3.63, 3.8) is 0 Å². The molecule has 2 atom stereocenters. The molecule has 1 spiro atoms. The van der Waals surface area contributed by atoms with Crippen LogP contribution in [0.15, 0.2) is 54.9 Å². The van der Waals surface area contributed by atoms with Gasteiger partial charge in [-0.05, 0) is 86.9 Å². The van der Waals surface area contributed by atoms with Crippen LogP contribution in [0, 0.1) is 24.1 Å². The van der Waals surface area contributed by atoms with Crippen LogP contribution in [0.1, 0.15) is 44.1 Å². The van der Waals surface area contributed by atoms with Gasteiger partial charge < -0.3 is 20.7 Å². The standard InChI is InChI=1S/C32H33FN6O2/c1-19-7-8-21-22(9-10-25(33)27(21)39-29(40)24-17-32(24)12-4-13-32)28(19)41-30-23(6-3-15-35-30)26-11-16-36-31(38-26)37-20-5-2-14-34-18-20/h3,6-11,15-16,20,24,34H,2,4-5,12-14,17-18H2,1H3,(H,39,40)(H,36,37,38)/t20-,24+/m0/s1. The quantitative estimate of drug-likeness (QED) is 0.250. The van der Waals surface area contributed by atoms with Crippen LogP contribution in [0.3, 0.4) is 0 Å². The Balaban J connectivity index is 1.19. The van der Waals surface area contributed by atoms with Gasteiger partial charge in [0.05, 0.1) is 16.9 Å². The van der Waals surface area contributed by atoms with Crippen molar-refractivity contribution in [2.24, 2.45) is 11.3 Å². The number of hydrogen-bond acceptors (Lipinski definition) is 7. The molecule has 210 valence electrons. The molecule has 2 saturated carbocycles. The van der Waals surface area contributed by atoms with E-state index in [1.54, 1.807) is 18.5 Å². The number of hydrogen-bond donors (Lipinski definition) is 3. The minimum absolute atomic E-state index is 0.0234. The molecule has 3 fully saturated rings. The van der Waals surface area contributed by atoms with Gasteiger partial charge in [0.1, 0.15) is 11.6 Å². The van der Waals surface area contributed by atoms with Crippen molar-refractivity contribution in [1.29, 1.82) is 0 Å². The molecule has 2 aromatic heterocycles. The summed E-state index contributed by atoms with van der Waals surface area (Å²) in [6, 6.07) is 12.7. The molecule has 3 heterocycles. The van der Waals surface area contributed by atoms with Crippen molar-refractivity contribution in [2.75, 3.05) is 23.7 Å². The fraction of sp³-hybridized carbons (Fsp3) is 0.375. The van der Waals surface area contributed by atoms with Crippen LogP contribution in [0.5, 0.6) is 11.6 Å². The molecule has 7 rings (SSSR count). The largest absolute Gasteiger partial charge is 0.437 e. The second-order valence-corrected chi connectivity index (χ2v) is 11.6. The first-order valence-corrected chi connectivity index (χ1v) is 14.5. The zero-order valence-electron chi connectivity index (χ0n) is 23.0. The first-order valence-electron chi connectivity index (χ1n) is 14.5. The number of fused-ring (bicyclic) bond motifs is 1. The highest BCUT2D eigenvalue weighted by Crippen LogP contribution is 2.65. The third kappa shape index (κ3) is 4.88. The number of carbonyl (C=O) groups excluding carboxylic acids is 1. The van der Waals surface area contributed by atoms with Gasteiger partial charge in [0, 0.05) is 41.7 Å². The summed E-state index contributed by atoms with van der Waals surface area (Å²) in [7, 11) is 0. The van der Waals surface area contributed by atoms with Gasteiger partial charge in [0.2, 0.25) is 17.7 Å². The number of benzene rings is 2. The molecule has 9 heteroatoms. The number of nitrogens with one attached hydrogen (secondary N) is 3. The van der Waals surface area contributed by atoms with Gasteiger partial charge in [-0.1, -0.05) is 18.6 Å². The van der Waals surface area contributed by atoms with Gasteiger partial charge in [0.25, 0.3) is 0 Å². The van der Waals surface area contributed by atoms with E-state index in [2.05, 4.69) is 25.9 Å². The van der Waals surface area contributed by atoms with Crippen molar-refractivity contribution < 1.29 is 13.9 Å². The summed E-state index contributed by atoms with van der Waals surface area (Å²) in [4.78, 5) is 26.8. The van der Waals surface area contributed by atoms with Crippen molar-refractivity contribution >= 4 is 28.3 Å². The van der Waals surface area contributed by atoms with E-state index in [9.17, 15) is 4.79 Å². The molecule has 0 radical (unpaired) electrons. The molecule has 2 aliphatic carbocycles. The molecule has 0 bridgehead atoms. The molecule has 3 N–H and O–H groups in total. The normalized spacial score (nSPS) is 20.8. The average Bonchev–Trinajstić information content (AvgIpc) is 3.75. The SMILES string of the molecule is Cc1ccc2c(NC(=O)[C@H]3CC34CCC4)c(F)ccc2c1Oc1ncccc1-c1ccnc(N[C@H]2CCCNC2)n1. The first-order chi connectivity index (χ1) is 20.0. The Kier molecular flexibility index (Phi) is 6.54. The summed E-state index contributed by atoms with van der Waals surface area (Å²) in [6.45, 7) is 3.85. The number of halogens is 1. The molecule has 41 heavy (non-hydrogen) atoms. The highest BCUT2D eigenvalue weighted by atomic mass is 19.1. The number of rotatable bonds is 7. The fourth-order valence-electron chi connectivity index (χ4n) is 6.33. The van der Waals surface area contributed by atoms with E-state index in [1.165, 1.54) is 12.5 Å². The van der Waals surface area contributed by atoms with E-state index in [-0.39, 0.29) is 29.0 Å². The molecule has 1 amide bonds. The van der Waals surface area contributed by atoms with Gasteiger partial charge in [0.15, 0.2) is 0 Å². The van der Waals surface area contributed by atoms with Crippen LogP contribution < -0.4 is 20.7 Å². The van der Waals surface area contributed by atoms with Gasteiger partial charge in [-0.25, -0.2) is 19.3 Å². The lowest BCUT2D eigenvalue weighted by atomic mass is 9.79. The summed E-state index contributed by atoms with van der Waals surface area (Å²) < 4.78 is 21.6. The number of carbonyl (C=O) groups is 1. The minimum Gasteiger partial charge on any atom is -0.437 e. The second-order valence-electron chi connectivity index (χ2n) is 11.6. The molecule has 2 aromatic carbocycles. The molecule has 1 saturated heterocycles. The topological polar surface area (TPSA) is 101 Å². The van der Waals surface area contributed by atoms with E-state index in [4.69, 9.17) is 9.72 Å². The lowest BCUT2D eigenvalue weighted by molar-refractivity contribution is -0.118. The summed E-state index contributed by atoms with van der Waals surface area (Å²) in [5, 5.41) is 11.0. The minimum atomic E-state index is -0.461. The Morgan fingerprint density at radius 1 is 1.07 bits per heavy atom. The highest BCUT2D eigenvalue weighted by molar-refractivity contribution is 6.06. The molecular formula is C32H33FN6O2. The zero-order valence-corrected chi connectivity index (χ0v) is 23.0. The van der Waals surface area contributed by atoms with E-state index < -0.39 is 5.82 Å². The van der Waals surface area contributed by atoms with E-state index >= 15 is 4.39 Å². The van der Waals surface area contributed by atoms with E-state index in [0.29, 0.717) is 39.6 Å². The third-order valence-corrected chi connectivity index (χ3v) is 8.93. The predicted octanol–water partition coefficient (Wildman–Crippen LogP) is 6.22. The molecule has 3 aliphatic rings. The number of anilines is 2. The summed E-state index contributed by atoms with van der Waals surface area (Å²) in [6.07, 6.45) is 9.83. The van der Waals surface area contributed by atoms with Crippen molar-refractivity contribution in [3.05, 3.63) is 66.2 Å². The molecular weight excluding hydrogens is 519 g/mol. The number of amides is 1. The lowest BCUT2D eigenvalue weighted by Gasteiger charge is -2.26. The van der Waals surface area contributed by atoms with Crippen LogP contribution in [0.2, 0.25) is 0 Å². The Bertz CT molecular complexity index is 1630. The van der Waals surface area contributed by atoms with Gasteiger partial charge in [-0.3, -0.25) is 4.79 Å².